The van der Waals surface area contributed by atoms with E-state index < -0.39 is 10.0 Å². The van der Waals surface area contributed by atoms with Gasteiger partial charge in [0.2, 0.25) is 10.0 Å². The van der Waals surface area contributed by atoms with Gasteiger partial charge in [0.25, 0.3) is 5.91 Å². The Morgan fingerprint density at radius 1 is 1.27 bits per heavy atom. The van der Waals surface area contributed by atoms with E-state index in [0.29, 0.717) is 30.8 Å². The van der Waals surface area contributed by atoms with E-state index in [1.807, 2.05) is 0 Å². The molecule has 1 aromatic carbocycles. The molecule has 1 unspecified atom stereocenters. The Hall–Kier alpha value is -1.60. The van der Waals surface area contributed by atoms with Crippen molar-refractivity contribution in [1.29, 1.82) is 0 Å². The van der Waals surface area contributed by atoms with Crippen LogP contribution in [0.4, 0.5) is 5.69 Å². The van der Waals surface area contributed by atoms with E-state index in [9.17, 15) is 13.2 Å². The van der Waals surface area contributed by atoms with Crippen LogP contribution in [0.2, 0.25) is 0 Å². The molecule has 1 aromatic rings. The van der Waals surface area contributed by atoms with Crippen molar-refractivity contribution in [3.05, 3.63) is 29.8 Å². The third-order valence-electron chi connectivity index (χ3n) is 5.14. The predicted octanol–water partition coefficient (Wildman–Crippen LogP) is 2.65. The summed E-state index contributed by atoms with van der Waals surface area (Å²) in [5.41, 5.74) is 1.11. The van der Waals surface area contributed by atoms with Crippen molar-refractivity contribution in [2.75, 3.05) is 36.8 Å². The molecule has 0 aliphatic carbocycles. The van der Waals surface area contributed by atoms with Crippen LogP contribution < -0.4 is 4.31 Å². The molecular formula is C19H28N2O4S. The lowest BCUT2D eigenvalue weighted by Gasteiger charge is -2.29. The van der Waals surface area contributed by atoms with Crippen LogP contribution in [0.1, 0.15) is 48.9 Å². The summed E-state index contributed by atoms with van der Waals surface area (Å²) in [6.07, 6.45) is 5.99. The quantitative estimate of drug-likeness (QED) is 0.788. The molecular weight excluding hydrogens is 352 g/mol. The van der Waals surface area contributed by atoms with Crippen molar-refractivity contribution >= 4 is 21.6 Å². The number of hydrogen-bond acceptors (Lipinski definition) is 4. The topological polar surface area (TPSA) is 66.9 Å². The van der Waals surface area contributed by atoms with Gasteiger partial charge in [0.1, 0.15) is 0 Å². The molecule has 0 saturated carbocycles. The highest BCUT2D eigenvalue weighted by molar-refractivity contribution is 7.92. The molecule has 1 atom stereocenters. The summed E-state index contributed by atoms with van der Waals surface area (Å²) in [5.74, 6) is 0.0870. The SMILES string of the molecule is CN(CCC1CCCCO1)C(=O)c1cccc(N2CCCCS2(=O)=O)c1. The van der Waals surface area contributed by atoms with Gasteiger partial charge in [-0.1, -0.05) is 6.07 Å². The molecule has 0 bridgehead atoms. The molecule has 7 heteroatoms. The van der Waals surface area contributed by atoms with Crippen LogP contribution >= 0.6 is 0 Å². The molecule has 3 rings (SSSR count). The van der Waals surface area contributed by atoms with Crippen molar-refractivity contribution in [3.8, 4) is 0 Å². The fourth-order valence-corrected chi connectivity index (χ4v) is 5.20. The number of nitrogens with zero attached hydrogens (tertiary/aromatic N) is 2. The molecule has 0 N–H and O–H groups in total. The minimum absolute atomic E-state index is 0.0860. The highest BCUT2D eigenvalue weighted by atomic mass is 32.2. The standard InChI is InChI=1S/C19H28N2O4S/c1-20(12-10-18-9-2-4-13-25-18)19(22)16-7-6-8-17(15-16)21-11-3-5-14-26(21,23)24/h6-8,15,18H,2-5,9-14H2,1H3. The van der Waals surface area contributed by atoms with E-state index in [1.54, 1.807) is 36.2 Å². The summed E-state index contributed by atoms with van der Waals surface area (Å²) < 4.78 is 31.7. The first-order valence-corrected chi connectivity index (χ1v) is 11.1. The van der Waals surface area contributed by atoms with E-state index in [1.165, 1.54) is 10.7 Å². The number of amides is 1. The second kappa shape index (κ2) is 8.39. The van der Waals surface area contributed by atoms with Crippen molar-refractivity contribution in [1.82, 2.24) is 4.90 Å². The first kappa shape index (κ1) is 19.2. The normalized spacial score (nSPS) is 22.8. The maximum Gasteiger partial charge on any atom is 0.253 e. The Bertz CT molecular complexity index is 729. The monoisotopic (exact) mass is 380 g/mol. The number of hydrogen-bond donors (Lipinski definition) is 0. The Morgan fingerprint density at radius 3 is 2.85 bits per heavy atom. The third kappa shape index (κ3) is 4.57. The summed E-state index contributed by atoms with van der Waals surface area (Å²) >= 11 is 0. The van der Waals surface area contributed by atoms with Crippen LogP contribution in [0, 0.1) is 0 Å². The van der Waals surface area contributed by atoms with Crippen LogP contribution in [-0.4, -0.2) is 57.8 Å². The van der Waals surface area contributed by atoms with E-state index >= 15 is 0 Å². The second-order valence-corrected chi connectivity index (χ2v) is 9.16. The van der Waals surface area contributed by atoms with Gasteiger partial charge in [-0.05, 0) is 56.7 Å². The number of sulfonamides is 1. The Morgan fingerprint density at radius 2 is 2.12 bits per heavy atom. The van der Waals surface area contributed by atoms with Gasteiger partial charge in [0.15, 0.2) is 0 Å². The van der Waals surface area contributed by atoms with Crippen molar-refractivity contribution < 1.29 is 17.9 Å². The average molecular weight is 381 g/mol. The van der Waals surface area contributed by atoms with Gasteiger partial charge < -0.3 is 9.64 Å². The summed E-state index contributed by atoms with van der Waals surface area (Å²) in [6.45, 7) is 1.93. The Kier molecular flexibility index (Phi) is 6.19. The molecule has 2 saturated heterocycles. The Balaban J connectivity index is 1.65. The lowest BCUT2D eigenvalue weighted by atomic mass is 10.1. The number of ether oxygens (including phenoxy) is 1. The van der Waals surface area contributed by atoms with Crippen LogP contribution in [0.15, 0.2) is 24.3 Å². The van der Waals surface area contributed by atoms with E-state index in [2.05, 4.69) is 0 Å². The maximum atomic E-state index is 12.7. The zero-order valence-electron chi connectivity index (χ0n) is 15.4. The largest absolute Gasteiger partial charge is 0.378 e. The molecule has 2 aliphatic rings. The molecule has 2 aliphatic heterocycles. The highest BCUT2D eigenvalue weighted by Gasteiger charge is 2.26. The average Bonchev–Trinajstić information content (AvgIpc) is 2.66. The number of carbonyl (C=O) groups excluding carboxylic acids is 1. The number of carbonyl (C=O) groups is 1. The minimum Gasteiger partial charge on any atom is -0.378 e. The molecule has 144 valence electrons. The van der Waals surface area contributed by atoms with E-state index in [0.717, 1.165) is 32.3 Å². The van der Waals surface area contributed by atoms with E-state index in [-0.39, 0.29) is 17.8 Å². The number of benzene rings is 1. The van der Waals surface area contributed by atoms with Gasteiger partial charge in [-0.25, -0.2) is 8.42 Å². The lowest BCUT2D eigenvalue weighted by Crippen LogP contribution is -2.38. The van der Waals surface area contributed by atoms with E-state index in [4.69, 9.17) is 4.74 Å². The smallest absolute Gasteiger partial charge is 0.253 e. The summed E-state index contributed by atoms with van der Waals surface area (Å²) in [5, 5.41) is 0. The molecule has 2 heterocycles. The summed E-state index contributed by atoms with van der Waals surface area (Å²) in [6, 6.07) is 6.95. The second-order valence-electron chi connectivity index (χ2n) is 7.15. The number of rotatable bonds is 5. The van der Waals surface area contributed by atoms with Crippen LogP contribution in [0.5, 0.6) is 0 Å². The Labute approximate surface area is 156 Å². The van der Waals surface area contributed by atoms with Crippen molar-refractivity contribution in [2.24, 2.45) is 0 Å². The van der Waals surface area contributed by atoms with Crippen molar-refractivity contribution in [2.45, 2.75) is 44.6 Å². The molecule has 26 heavy (non-hydrogen) atoms. The first-order valence-electron chi connectivity index (χ1n) is 9.45. The van der Waals surface area contributed by atoms with Crippen LogP contribution in [0.25, 0.3) is 0 Å². The highest BCUT2D eigenvalue weighted by Crippen LogP contribution is 2.25. The summed E-state index contributed by atoms with van der Waals surface area (Å²) in [7, 11) is -1.48. The third-order valence-corrected chi connectivity index (χ3v) is 7.01. The van der Waals surface area contributed by atoms with Gasteiger partial charge in [0.05, 0.1) is 17.5 Å². The molecule has 2 fully saturated rings. The fourth-order valence-electron chi connectivity index (χ4n) is 3.57. The molecule has 0 aromatic heterocycles. The first-order chi connectivity index (χ1) is 12.5. The van der Waals surface area contributed by atoms with Gasteiger partial charge in [0, 0.05) is 32.3 Å². The molecule has 0 spiro atoms. The van der Waals surface area contributed by atoms with Crippen LogP contribution in [0.3, 0.4) is 0 Å². The summed E-state index contributed by atoms with van der Waals surface area (Å²) in [4.78, 5) is 14.4. The lowest BCUT2D eigenvalue weighted by molar-refractivity contribution is 0.00709. The molecule has 0 radical (unpaired) electrons. The van der Waals surface area contributed by atoms with Gasteiger partial charge >= 0.3 is 0 Å². The maximum absolute atomic E-state index is 12.7. The van der Waals surface area contributed by atoms with Gasteiger partial charge in [-0.15, -0.1) is 0 Å². The van der Waals surface area contributed by atoms with Gasteiger partial charge in [-0.2, -0.15) is 0 Å². The fraction of sp³-hybridized carbons (Fsp3) is 0.632. The van der Waals surface area contributed by atoms with Crippen molar-refractivity contribution in [3.63, 3.8) is 0 Å². The van der Waals surface area contributed by atoms with Gasteiger partial charge in [-0.3, -0.25) is 9.10 Å². The molecule has 1 amide bonds. The number of anilines is 1. The minimum atomic E-state index is -3.27. The van der Waals surface area contributed by atoms with Crippen LogP contribution in [-0.2, 0) is 14.8 Å². The molecule has 6 nitrogen and oxygen atoms in total. The zero-order valence-corrected chi connectivity index (χ0v) is 16.2. The zero-order chi connectivity index (χ0) is 18.6. The predicted molar refractivity (Wildman–Crippen MR) is 102 cm³/mol.